The van der Waals surface area contributed by atoms with Crippen LogP contribution in [-0.4, -0.2) is 12.7 Å². The van der Waals surface area contributed by atoms with E-state index in [0.717, 1.165) is 6.07 Å². The van der Waals surface area contributed by atoms with E-state index in [1.54, 1.807) is 0 Å². The first-order valence-electron chi connectivity index (χ1n) is 4.65. The number of benzene rings is 1. The first-order valence-corrected chi connectivity index (χ1v) is 4.65. The third-order valence-corrected chi connectivity index (χ3v) is 2.33. The highest BCUT2D eigenvalue weighted by molar-refractivity contribution is 5.85. The molecule has 1 aromatic rings. The Balaban J connectivity index is 0.00000144. The van der Waals surface area contributed by atoms with E-state index in [1.807, 2.05) is 0 Å². The molecule has 17 heavy (non-hydrogen) atoms. The predicted molar refractivity (Wildman–Crippen MR) is 55.4 cm³/mol. The van der Waals surface area contributed by atoms with Gasteiger partial charge in [-0.1, -0.05) is 0 Å². The topological polar surface area (TPSA) is 38.3 Å². The molecule has 7 heteroatoms. The normalized spacial score (nSPS) is 19.0. The molecule has 0 aliphatic carbocycles. The molecular weight excluding hydrogens is 259 g/mol. The molecule has 3 nitrogen and oxygen atoms in total. The molecule has 2 rings (SSSR count). The van der Waals surface area contributed by atoms with Crippen molar-refractivity contribution in [1.82, 2.24) is 5.32 Å². The largest absolute Gasteiger partial charge is 0.449 e. The summed E-state index contributed by atoms with van der Waals surface area (Å²) in [6, 6.07) is 0.570. The Kier molecular flexibility index (Phi) is 4.22. The summed E-state index contributed by atoms with van der Waals surface area (Å²) in [5.74, 6) is -3.29. The molecule has 1 amide bonds. The van der Waals surface area contributed by atoms with Crippen LogP contribution in [0, 0.1) is 17.5 Å². The van der Waals surface area contributed by atoms with Crippen molar-refractivity contribution in [3.63, 3.8) is 0 Å². The lowest BCUT2D eigenvalue weighted by Crippen LogP contribution is -2.35. The van der Waals surface area contributed by atoms with E-state index >= 15 is 0 Å². The molecule has 1 fully saturated rings. The Labute approximate surface area is 101 Å². The summed E-state index contributed by atoms with van der Waals surface area (Å²) < 4.78 is 43.8. The molecule has 1 saturated heterocycles. The maximum absolute atomic E-state index is 13.4. The summed E-state index contributed by atoms with van der Waals surface area (Å²) in [5, 5.41) is 2.29. The number of amides is 1. The highest BCUT2D eigenvalue weighted by atomic mass is 35.5. The SMILES string of the molecule is Cl.O=C1N[C@H](c2cc(F)cc(F)c2F)CCO1. The smallest absolute Gasteiger partial charge is 0.407 e. The van der Waals surface area contributed by atoms with Gasteiger partial charge in [0.25, 0.3) is 0 Å². The van der Waals surface area contributed by atoms with Gasteiger partial charge in [-0.15, -0.1) is 12.4 Å². The van der Waals surface area contributed by atoms with E-state index < -0.39 is 29.6 Å². The van der Waals surface area contributed by atoms with Gasteiger partial charge in [-0.25, -0.2) is 18.0 Å². The van der Waals surface area contributed by atoms with Gasteiger partial charge < -0.3 is 10.1 Å². The molecule has 0 radical (unpaired) electrons. The molecule has 0 aromatic heterocycles. The molecule has 1 N–H and O–H groups in total. The van der Waals surface area contributed by atoms with Crippen LogP contribution in [0.4, 0.5) is 18.0 Å². The van der Waals surface area contributed by atoms with Crippen LogP contribution in [0.25, 0.3) is 0 Å². The van der Waals surface area contributed by atoms with Crippen molar-refractivity contribution in [3.05, 3.63) is 35.1 Å². The van der Waals surface area contributed by atoms with E-state index in [-0.39, 0.29) is 31.0 Å². The first kappa shape index (κ1) is 13.6. The summed E-state index contributed by atoms with van der Waals surface area (Å²) in [4.78, 5) is 10.9. The molecule has 0 saturated carbocycles. The third kappa shape index (κ3) is 2.82. The lowest BCUT2D eigenvalue weighted by Gasteiger charge is -2.24. The maximum Gasteiger partial charge on any atom is 0.407 e. The van der Waals surface area contributed by atoms with Crippen LogP contribution < -0.4 is 5.32 Å². The Bertz CT molecular complexity index is 442. The lowest BCUT2D eigenvalue weighted by atomic mass is 10.0. The van der Waals surface area contributed by atoms with Gasteiger partial charge in [-0.05, 0) is 6.07 Å². The minimum atomic E-state index is -1.27. The van der Waals surface area contributed by atoms with Gasteiger partial charge >= 0.3 is 6.09 Å². The molecule has 1 aromatic carbocycles. The summed E-state index contributed by atoms with van der Waals surface area (Å²) in [6.07, 6.45) is -0.453. The molecular formula is C10H9ClF3NO2. The highest BCUT2D eigenvalue weighted by Crippen LogP contribution is 2.25. The number of hydrogen-bond acceptors (Lipinski definition) is 2. The predicted octanol–water partition coefficient (Wildman–Crippen LogP) is 2.70. The quantitative estimate of drug-likeness (QED) is 0.795. The molecule has 1 aliphatic heterocycles. The van der Waals surface area contributed by atoms with E-state index in [9.17, 15) is 18.0 Å². The zero-order valence-electron chi connectivity index (χ0n) is 8.50. The second-order valence-electron chi connectivity index (χ2n) is 3.41. The maximum atomic E-state index is 13.4. The van der Waals surface area contributed by atoms with Gasteiger partial charge in [-0.2, -0.15) is 0 Å². The second-order valence-corrected chi connectivity index (χ2v) is 3.41. The summed E-state index contributed by atoms with van der Waals surface area (Å²) in [7, 11) is 0. The van der Waals surface area contributed by atoms with Gasteiger partial charge in [0.15, 0.2) is 11.6 Å². The number of carbonyl (C=O) groups is 1. The molecule has 1 heterocycles. The van der Waals surface area contributed by atoms with Crippen LogP contribution in [-0.2, 0) is 4.74 Å². The number of rotatable bonds is 1. The molecule has 0 spiro atoms. The first-order chi connectivity index (χ1) is 7.58. The number of nitrogens with one attached hydrogen (secondary N) is 1. The van der Waals surface area contributed by atoms with Gasteiger partial charge in [0, 0.05) is 18.1 Å². The minimum absolute atomic E-state index is 0. The average Bonchev–Trinajstić information content (AvgIpc) is 2.23. The van der Waals surface area contributed by atoms with E-state index in [1.165, 1.54) is 0 Å². The van der Waals surface area contributed by atoms with Crippen LogP contribution in [0.15, 0.2) is 12.1 Å². The number of cyclic esters (lactones) is 1. The standard InChI is InChI=1S/C10H8F3NO2.ClH/c11-5-3-6(9(13)7(12)4-5)8-1-2-16-10(15)14-8;/h3-4,8H,1-2H2,(H,14,15);1H/t8-;/m0./s1. The van der Waals surface area contributed by atoms with Crippen molar-refractivity contribution in [2.75, 3.05) is 6.61 Å². The average molecular weight is 268 g/mol. The zero-order chi connectivity index (χ0) is 11.7. The fraction of sp³-hybridized carbons (Fsp3) is 0.300. The van der Waals surface area contributed by atoms with Crippen molar-refractivity contribution < 1.29 is 22.7 Å². The lowest BCUT2D eigenvalue weighted by molar-refractivity contribution is 0.114. The monoisotopic (exact) mass is 267 g/mol. The number of hydrogen-bond donors (Lipinski definition) is 1. The number of carbonyl (C=O) groups excluding carboxylic acids is 1. The van der Waals surface area contributed by atoms with Crippen LogP contribution in [0.1, 0.15) is 18.0 Å². The summed E-state index contributed by atoms with van der Waals surface area (Å²) >= 11 is 0. The summed E-state index contributed by atoms with van der Waals surface area (Å²) in [5.41, 5.74) is -0.200. The summed E-state index contributed by atoms with van der Waals surface area (Å²) in [6.45, 7) is 0.0913. The Morgan fingerprint density at radius 1 is 1.29 bits per heavy atom. The second kappa shape index (κ2) is 5.27. The minimum Gasteiger partial charge on any atom is -0.449 e. The van der Waals surface area contributed by atoms with Crippen LogP contribution in [0.5, 0.6) is 0 Å². The molecule has 1 aliphatic rings. The molecule has 1 atom stereocenters. The Morgan fingerprint density at radius 3 is 2.65 bits per heavy atom. The van der Waals surface area contributed by atoms with E-state index in [2.05, 4.69) is 10.1 Å². The molecule has 0 unspecified atom stereocenters. The fourth-order valence-electron chi connectivity index (χ4n) is 1.59. The van der Waals surface area contributed by atoms with Crippen LogP contribution >= 0.6 is 12.4 Å². The number of alkyl carbamates (subject to hydrolysis) is 1. The van der Waals surface area contributed by atoms with Gasteiger partial charge in [0.05, 0.1) is 12.6 Å². The van der Waals surface area contributed by atoms with Gasteiger partial charge in [0.2, 0.25) is 0 Å². The van der Waals surface area contributed by atoms with Gasteiger partial charge in [-0.3, -0.25) is 0 Å². The third-order valence-electron chi connectivity index (χ3n) is 2.33. The molecule has 0 bridgehead atoms. The molecule has 94 valence electrons. The van der Waals surface area contributed by atoms with Crippen molar-refractivity contribution in [3.8, 4) is 0 Å². The highest BCUT2D eigenvalue weighted by Gasteiger charge is 2.25. The van der Waals surface area contributed by atoms with E-state index in [0.29, 0.717) is 6.07 Å². The van der Waals surface area contributed by atoms with Crippen LogP contribution in [0.3, 0.4) is 0 Å². The van der Waals surface area contributed by atoms with Crippen molar-refractivity contribution in [1.29, 1.82) is 0 Å². The van der Waals surface area contributed by atoms with E-state index in [4.69, 9.17) is 0 Å². The van der Waals surface area contributed by atoms with Crippen molar-refractivity contribution in [2.24, 2.45) is 0 Å². The number of ether oxygens (including phenoxy) is 1. The van der Waals surface area contributed by atoms with Crippen molar-refractivity contribution in [2.45, 2.75) is 12.5 Å². The van der Waals surface area contributed by atoms with Crippen LogP contribution in [0.2, 0.25) is 0 Å². The fourth-order valence-corrected chi connectivity index (χ4v) is 1.59. The van der Waals surface area contributed by atoms with Gasteiger partial charge in [0.1, 0.15) is 5.82 Å². The number of halogens is 4. The Hall–Kier alpha value is -1.43. The zero-order valence-corrected chi connectivity index (χ0v) is 9.32. The van der Waals surface area contributed by atoms with Crippen molar-refractivity contribution >= 4 is 18.5 Å². The Morgan fingerprint density at radius 2 is 2.00 bits per heavy atom.